The van der Waals surface area contributed by atoms with Crippen molar-refractivity contribution in [1.82, 2.24) is 4.90 Å². The molecule has 3 heteroatoms. The van der Waals surface area contributed by atoms with E-state index in [1.165, 1.54) is 38.5 Å². The zero-order valence-corrected chi connectivity index (χ0v) is 13.9. The summed E-state index contributed by atoms with van der Waals surface area (Å²) in [4.78, 5) is 7.18. The van der Waals surface area contributed by atoms with Crippen LogP contribution in [0, 0.1) is 5.92 Å². The highest BCUT2D eigenvalue weighted by Crippen LogP contribution is 2.33. The predicted molar refractivity (Wildman–Crippen MR) is 85.1 cm³/mol. The molecule has 1 aliphatic heterocycles. The second-order valence-electron chi connectivity index (χ2n) is 7.21. The van der Waals surface area contributed by atoms with Crippen molar-refractivity contribution in [1.29, 1.82) is 0 Å². The molecule has 1 saturated heterocycles. The van der Waals surface area contributed by atoms with Gasteiger partial charge in [-0.25, -0.2) is 4.99 Å². The van der Waals surface area contributed by atoms with E-state index in [0.717, 1.165) is 11.9 Å². The van der Waals surface area contributed by atoms with Gasteiger partial charge in [-0.1, -0.05) is 32.6 Å². The van der Waals surface area contributed by atoms with Crippen LogP contribution in [-0.2, 0) is 4.74 Å². The monoisotopic (exact) mass is 280 g/mol. The van der Waals surface area contributed by atoms with Crippen LogP contribution in [0.1, 0.15) is 73.1 Å². The van der Waals surface area contributed by atoms with Gasteiger partial charge >= 0.3 is 0 Å². The van der Waals surface area contributed by atoms with E-state index in [1.54, 1.807) is 0 Å². The molecule has 2 fully saturated rings. The van der Waals surface area contributed by atoms with Gasteiger partial charge in [-0.2, -0.15) is 0 Å². The maximum atomic E-state index is 6.29. The predicted octanol–water partition coefficient (Wildman–Crippen LogP) is 4.22. The van der Waals surface area contributed by atoms with E-state index < -0.39 is 0 Å². The van der Waals surface area contributed by atoms with Crippen LogP contribution in [0.5, 0.6) is 0 Å². The van der Waals surface area contributed by atoms with E-state index >= 15 is 0 Å². The number of fused-ring (bicyclic) bond motifs is 1. The number of ether oxygens (including phenoxy) is 1. The molecule has 2 rings (SSSR count). The van der Waals surface area contributed by atoms with Crippen molar-refractivity contribution in [2.75, 3.05) is 0 Å². The third-order valence-electron chi connectivity index (χ3n) is 4.52. The molecule has 0 aromatic carbocycles. The second-order valence-corrected chi connectivity index (χ2v) is 7.21. The lowest BCUT2D eigenvalue weighted by Crippen LogP contribution is -2.42. The zero-order valence-electron chi connectivity index (χ0n) is 13.9. The van der Waals surface area contributed by atoms with Crippen LogP contribution in [0.3, 0.4) is 0 Å². The fourth-order valence-electron chi connectivity index (χ4n) is 3.59. The van der Waals surface area contributed by atoms with Crippen LogP contribution in [0.2, 0.25) is 0 Å². The fourth-order valence-corrected chi connectivity index (χ4v) is 3.59. The largest absolute Gasteiger partial charge is 0.460 e. The number of hydrogen-bond donors (Lipinski definition) is 0. The van der Waals surface area contributed by atoms with E-state index in [4.69, 9.17) is 9.73 Å². The second kappa shape index (κ2) is 6.82. The number of aliphatic imine (C=N–C) groups is 1. The Morgan fingerprint density at radius 2 is 1.80 bits per heavy atom. The smallest absolute Gasteiger partial charge is 0.288 e. The van der Waals surface area contributed by atoms with Crippen molar-refractivity contribution >= 4 is 6.02 Å². The SMILES string of the molecule is CC1CCCCCC2C(C1)OC(=NC(C)C)N2C(C)C. The van der Waals surface area contributed by atoms with Gasteiger partial charge in [0, 0.05) is 12.1 Å². The molecule has 1 heterocycles. The summed E-state index contributed by atoms with van der Waals surface area (Å²) in [5.41, 5.74) is 0. The number of amidine groups is 1. The highest BCUT2D eigenvalue weighted by Gasteiger charge is 2.41. The molecule has 1 aliphatic carbocycles. The fraction of sp³-hybridized carbons (Fsp3) is 0.941. The number of nitrogens with zero attached hydrogens (tertiary/aromatic N) is 2. The van der Waals surface area contributed by atoms with Crippen LogP contribution in [0.15, 0.2) is 4.99 Å². The molecule has 2 aliphatic rings. The van der Waals surface area contributed by atoms with Crippen LogP contribution in [0.25, 0.3) is 0 Å². The first-order valence-corrected chi connectivity index (χ1v) is 8.51. The Balaban J connectivity index is 2.21. The Bertz CT molecular complexity index is 338. The van der Waals surface area contributed by atoms with Gasteiger partial charge in [0.1, 0.15) is 6.10 Å². The first kappa shape index (κ1) is 15.7. The summed E-state index contributed by atoms with van der Waals surface area (Å²) in [6.07, 6.45) is 8.23. The summed E-state index contributed by atoms with van der Waals surface area (Å²) in [5.74, 6) is 0.771. The summed E-state index contributed by atoms with van der Waals surface area (Å²) in [6, 6.07) is 2.21. The van der Waals surface area contributed by atoms with Crippen LogP contribution in [0.4, 0.5) is 0 Å². The molecule has 0 spiro atoms. The summed E-state index contributed by atoms with van der Waals surface area (Å²) in [7, 11) is 0. The van der Waals surface area contributed by atoms with Gasteiger partial charge in [-0.15, -0.1) is 0 Å². The van der Waals surface area contributed by atoms with Crippen LogP contribution in [-0.4, -0.2) is 35.2 Å². The Labute approximate surface area is 124 Å². The van der Waals surface area contributed by atoms with Gasteiger partial charge in [0.2, 0.25) is 0 Å². The average molecular weight is 280 g/mol. The quantitative estimate of drug-likeness (QED) is 0.756. The molecule has 0 amide bonds. The van der Waals surface area contributed by atoms with E-state index in [1.807, 2.05) is 0 Å². The van der Waals surface area contributed by atoms with Crippen molar-refractivity contribution in [2.24, 2.45) is 10.9 Å². The molecule has 3 atom stereocenters. The summed E-state index contributed by atoms with van der Waals surface area (Å²) in [5, 5.41) is 0. The molecule has 0 radical (unpaired) electrons. The van der Waals surface area contributed by atoms with E-state index in [-0.39, 0.29) is 0 Å². The number of hydrogen-bond acceptors (Lipinski definition) is 2. The summed E-state index contributed by atoms with van der Waals surface area (Å²) in [6.45, 7) is 11.2. The molecule has 3 nitrogen and oxygen atoms in total. The standard InChI is InChI=1S/C17H32N2O/c1-12(2)18-17-19(13(3)4)15-10-8-6-7-9-14(5)11-16(15)20-17/h12-16H,6-11H2,1-5H3. The van der Waals surface area contributed by atoms with Gasteiger partial charge in [-0.3, -0.25) is 0 Å². The lowest BCUT2D eigenvalue weighted by Gasteiger charge is -2.29. The lowest BCUT2D eigenvalue weighted by molar-refractivity contribution is 0.146. The molecule has 0 bridgehead atoms. The minimum atomic E-state index is 0.302. The molecule has 3 unspecified atom stereocenters. The molecular formula is C17H32N2O. The highest BCUT2D eigenvalue weighted by atomic mass is 16.5. The maximum absolute atomic E-state index is 6.29. The van der Waals surface area contributed by atoms with Crippen molar-refractivity contribution in [3.8, 4) is 0 Å². The molecule has 20 heavy (non-hydrogen) atoms. The zero-order chi connectivity index (χ0) is 14.7. The Morgan fingerprint density at radius 1 is 1.10 bits per heavy atom. The number of rotatable bonds is 2. The third-order valence-corrected chi connectivity index (χ3v) is 4.52. The van der Waals surface area contributed by atoms with Gasteiger partial charge < -0.3 is 9.64 Å². The van der Waals surface area contributed by atoms with Crippen LogP contribution < -0.4 is 0 Å². The topological polar surface area (TPSA) is 24.8 Å². The van der Waals surface area contributed by atoms with Gasteiger partial charge in [0.15, 0.2) is 0 Å². The third kappa shape index (κ3) is 3.67. The molecule has 0 N–H and O–H groups in total. The van der Waals surface area contributed by atoms with E-state index in [9.17, 15) is 0 Å². The highest BCUT2D eigenvalue weighted by molar-refractivity contribution is 5.77. The van der Waals surface area contributed by atoms with Gasteiger partial charge in [0.25, 0.3) is 6.02 Å². The maximum Gasteiger partial charge on any atom is 0.288 e. The van der Waals surface area contributed by atoms with Gasteiger partial charge in [0.05, 0.1) is 6.04 Å². The van der Waals surface area contributed by atoms with E-state index in [2.05, 4.69) is 39.5 Å². The van der Waals surface area contributed by atoms with Crippen molar-refractivity contribution in [2.45, 2.75) is 97.4 Å². The average Bonchev–Trinajstić information content (AvgIpc) is 2.67. The van der Waals surface area contributed by atoms with Crippen molar-refractivity contribution in [3.05, 3.63) is 0 Å². The van der Waals surface area contributed by atoms with E-state index in [0.29, 0.717) is 24.2 Å². The summed E-state index contributed by atoms with van der Waals surface area (Å²) < 4.78 is 6.29. The van der Waals surface area contributed by atoms with Crippen LogP contribution >= 0.6 is 0 Å². The van der Waals surface area contributed by atoms with Crippen molar-refractivity contribution in [3.63, 3.8) is 0 Å². The molecule has 116 valence electrons. The minimum absolute atomic E-state index is 0.302. The Hall–Kier alpha value is -0.730. The van der Waals surface area contributed by atoms with Gasteiger partial charge in [-0.05, 0) is 46.5 Å². The summed E-state index contributed by atoms with van der Waals surface area (Å²) >= 11 is 0. The molecule has 0 aromatic rings. The minimum Gasteiger partial charge on any atom is -0.460 e. The molecule has 1 saturated carbocycles. The lowest BCUT2D eigenvalue weighted by atomic mass is 9.95. The molecular weight excluding hydrogens is 248 g/mol. The van der Waals surface area contributed by atoms with Crippen molar-refractivity contribution < 1.29 is 4.74 Å². The normalized spacial score (nSPS) is 33.9. The first-order chi connectivity index (χ1) is 9.49. The Kier molecular flexibility index (Phi) is 5.34. The first-order valence-electron chi connectivity index (χ1n) is 8.51. The Morgan fingerprint density at radius 3 is 2.45 bits per heavy atom. The molecule has 0 aromatic heterocycles.